The van der Waals surface area contributed by atoms with E-state index < -0.39 is 22.6 Å². The fourth-order valence-electron chi connectivity index (χ4n) is 2.77. The highest BCUT2D eigenvalue weighted by molar-refractivity contribution is 7.74. The second-order valence-corrected chi connectivity index (χ2v) is 6.69. The molecule has 2 rings (SSSR count). The van der Waals surface area contributed by atoms with E-state index in [-0.39, 0.29) is 11.5 Å². The van der Waals surface area contributed by atoms with Gasteiger partial charge in [0.1, 0.15) is 17.3 Å². The molecule has 1 aromatic carbocycles. The summed E-state index contributed by atoms with van der Waals surface area (Å²) in [6.07, 6.45) is 2.85. The summed E-state index contributed by atoms with van der Waals surface area (Å²) in [4.78, 5) is 24.5. The van der Waals surface area contributed by atoms with Gasteiger partial charge in [-0.2, -0.15) is 4.21 Å². The Morgan fingerprint density at radius 1 is 1.07 bits per heavy atom. The van der Waals surface area contributed by atoms with Crippen molar-refractivity contribution in [2.75, 3.05) is 11.5 Å². The summed E-state index contributed by atoms with van der Waals surface area (Å²) in [6.45, 7) is 2.54. The second kappa shape index (κ2) is 9.38. The summed E-state index contributed by atoms with van der Waals surface area (Å²) in [5, 5.41) is 0. The standard InChI is InChI=1S/C17H24N4O5S/c1-2-10-21-16(22)14(18)15(19)20(17(21)23)11-4-3-5-12-6-8-13(9-7-12)26-27(24)25/h6-9H,2-5,10-11,18-19H2,1H3,(H,24,25). The first-order valence-corrected chi connectivity index (χ1v) is 9.65. The quantitative estimate of drug-likeness (QED) is 0.426. The van der Waals surface area contributed by atoms with E-state index in [1.165, 1.54) is 4.57 Å². The molecule has 0 fully saturated rings. The summed E-state index contributed by atoms with van der Waals surface area (Å²) in [6, 6.07) is 6.85. The molecule has 1 aromatic heterocycles. The summed E-state index contributed by atoms with van der Waals surface area (Å²) >= 11 is -2.34. The second-order valence-electron chi connectivity index (χ2n) is 6.09. The van der Waals surface area contributed by atoms with Crippen molar-refractivity contribution in [1.82, 2.24) is 9.13 Å². The Balaban J connectivity index is 2.00. The topological polar surface area (TPSA) is 143 Å². The van der Waals surface area contributed by atoms with E-state index in [0.29, 0.717) is 31.7 Å². The first-order chi connectivity index (χ1) is 12.8. The number of hydrogen-bond acceptors (Lipinski definition) is 6. The van der Waals surface area contributed by atoms with E-state index in [9.17, 15) is 13.8 Å². The van der Waals surface area contributed by atoms with Crippen molar-refractivity contribution in [3.05, 3.63) is 50.7 Å². The normalized spacial score (nSPS) is 12.1. The van der Waals surface area contributed by atoms with Crippen LogP contribution in [0.3, 0.4) is 0 Å². The third kappa shape index (κ3) is 5.20. The highest BCUT2D eigenvalue weighted by Gasteiger charge is 2.14. The number of aryl methyl sites for hydroxylation is 1. The highest BCUT2D eigenvalue weighted by atomic mass is 32.2. The van der Waals surface area contributed by atoms with Gasteiger partial charge in [-0.25, -0.2) is 4.79 Å². The summed E-state index contributed by atoms with van der Waals surface area (Å²) in [7, 11) is 0. The maximum atomic E-state index is 12.5. The number of benzene rings is 1. The summed E-state index contributed by atoms with van der Waals surface area (Å²) in [5.74, 6) is 0.323. The molecule has 1 unspecified atom stereocenters. The Morgan fingerprint density at radius 3 is 2.33 bits per heavy atom. The van der Waals surface area contributed by atoms with E-state index >= 15 is 0 Å². The van der Waals surface area contributed by atoms with Gasteiger partial charge in [0, 0.05) is 13.1 Å². The molecule has 1 atom stereocenters. The number of aromatic nitrogens is 2. The van der Waals surface area contributed by atoms with Crippen molar-refractivity contribution in [1.29, 1.82) is 0 Å². The molecule has 2 aromatic rings. The van der Waals surface area contributed by atoms with Crippen molar-refractivity contribution < 1.29 is 12.9 Å². The minimum absolute atomic E-state index is 0.0101. The number of rotatable bonds is 9. The average molecular weight is 396 g/mol. The predicted molar refractivity (Wildman–Crippen MR) is 105 cm³/mol. The van der Waals surface area contributed by atoms with Crippen LogP contribution in [0.5, 0.6) is 5.75 Å². The molecule has 5 N–H and O–H groups in total. The van der Waals surface area contributed by atoms with Gasteiger partial charge in [-0.05, 0) is 43.4 Å². The molecular weight excluding hydrogens is 372 g/mol. The van der Waals surface area contributed by atoms with Crippen LogP contribution in [0.2, 0.25) is 0 Å². The Morgan fingerprint density at radius 2 is 1.74 bits per heavy atom. The van der Waals surface area contributed by atoms with Gasteiger partial charge in [0.2, 0.25) is 0 Å². The van der Waals surface area contributed by atoms with Gasteiger partial charge in [-0.15, -0.1) is 0 Å². The molecule has 0 spiro atoms. The molecule has 10 heteroatoms. The maximum absolute atomic E-state index is 12.5. The number of nitrogen functional groups attached to an aromatic ring is 2. The SMILES string of the molecule is CCCn1c(=O)c(N)c(N)n(CCCCc2ccc(OS(=O)O)cc2)c1=O. The van der Waals surface area contributed by atoms with Gasteiger partial charge in [0.25, 0.3) is 5.56 Å². The van der Waals surface area contributed by atoms with Crippen LogP contribution < -0.4 is 26.9 Å². The van der Waals surface area contributed by atoms with Gasteiger partial charge in [-0.3, -0.25) is 18.5 Å². The van der Waals surface area contributed by atoms with Gasteiger partial charge >= 0.3 is 17.1 Å². The van der Waals surface area contributed by atoms with Gasteiger partial charge < -0.3 is 15.7 Å². The zero-order chi connectivity index (χ0) is 20.0. The lowest BCUT2D eigenvalue weighted by molar-refractivity contribution is 0.458. The Kier molecular flexibility index (Phi) is 7.19. The Labute approximate surface area is 159 Å². The van der Waals surface area contributed by atoms with Crippen molar-refractivity contribution >= 4 is 22.9 Å². The smallest absolute Gasteiger partial charge is 0.357 e. The number of nitrogens with zero attached hydrogens (tertiary/aromatic N) is 2. The molecule has 27 heavy (non-hydrogen) atoms. The number of nitrogens with two attached hydrogens (primary N) is 2. The molecular formula is C17H24N4O5S. The van der Waals surface area contributed by atoms with Crippen LogP contribution >= 0.6 is 0 Å². The number of unbranched alkanes of at least 4 members (excludes halogenated alkanes) is 1. The minimum Gasteiger partial charge on any atom is -0.391 e. The lowest BCUT2D eigenvalue weighted by atomic mass is 10.1. The zero-order valence-corrected chi connectivity index (χ0v) is 15.9. The molecule has 0 amide bonds. The third-order valence-corrected chi connectivity index (χ3v) is 4.47. The molecule has 0 radical (unpaired) electrons. The molecule has 148 valence electrons. The van der Waals surface area contributed by atoms with Gasteiger partial charge in [-0.1, -0.05) is 19.1 Å². The Bertz CT molecular complexity index is 921. The molecule has 0 saturated heterocycles. The van der Waals surface area contributed by atoms with Crippen molar-refractivity contribution in [2.45, 2.75) is 45.7 Å². The summed E-state index contributed by atoms with van der Waals surface area (Å²) < 4.78 is 26.4. The predicted octanol–water partition coefficient (Wildman–Crippen LogP) is 1.12. The average Bonchev–Trinajstić information content (AvgIpc) is 2.64. The van der Waals surface area contributed by atoms with Crippen molar-refractivity contribution in [3.63, 3.8) is 0 Å². The fourth-order valence-corrected chi connectivity index (χ4v) is 3.04. The van der Waals surface area contributed by atoms with E-state index in [1.807, 2.05) is 19.1 Å². The van der Waals surface area contributed by atoms with Gasteiger partial charge in [0.15, 0.2) is 0 Å². The maximum Gasteiger partial charge on any atom is 0.357 e. The Hall–Kier alpha value is -2.59. The minimum atomic E-state index is -2.34. The van der Waals surface area contributed by atoms with E-state index in [1.54, 1.807) is 12.1 Å². The van der Waals surface area contributed by atoms with E-state index in [0.717, 1.165) is 23.0 Å². The number of hydrogen-bond donors (Lipinski definition) is 3. The molecule has 1 heterocycles. The van der Waals surface area contributed by atoms with Crippen LogP contribution in [0.1, 0.15) is 31.7 Å². The third-order valence-electron chi connectivity index (χ3n) is 4.14. The number of anilines is 2. The van der Waals surface area contributed by atoms with E-state index in [4.69, 9.17) is 16.0 Å². The van der Waals surface area contributed by atoms with Crippen LogP contribution in [0, 0.1) is 0 Å². The highest BCUT2D eigenvalue weighted by Crippen LogP contribution is 2.15. The van der Waals surface area contributed by atoms with Crippen molar-refractivity contribution in [3.8, 4) is 5.75 Å². The first-order valence-electron chi connectivity index (χ1n) is 8.61. The monoisotopic (exact) mass is 396 g/mol. The van der Waals surface area contributed by atoms with Crippen LogP contribution in [-0.4, -0.2) is 17.9 Å². The molecule has 0 bridgehead atoms. The van der Waals surface area contributed by atoms with Crippen LogP contribution in [-0.2, 0) is 30.9 Å². The van der Waals surface area contributed by atoms with Crippen LogP contribution in [0.15, 0.2) is 33.9 Å². The van der Waals surface area contributed by atoms with Crippen LogP contribution in [0.25, 0.3) is 0 Å². The lowest BCUT2D eigenvalue weighted by Gasteiger charge is -2.14. The zero-order valence-electron chi connectivity index (χ0n) is 15.1. The molecule has 0 aliphatic heterocycles. The van der Waals surface area contributed by atoms with Crippen molar-refractivity contribution in [2.24, 2.45) is 0 Å². The fraction of sp³-hybridized carbons (Fsp3) is 0.412. The molecule has 0 saturated carbocycles. The van der Waals surface area contributed by atoms with Crippen LogP contribution in [0.4, 0.5) is 11.5 Å². The molecule has 9 nitrogen and oxygen atoms in total. The van der Waals surface area contributed by atoms with Gasteiger partial charge in [0.05, 0.1) is 0 Å². The summed E-state index contributed by atoms with van der Waals surface area (Å²) in [5.41, 5.74) is 11.6. The lowest BCUT2D eigenvalue weighted by Crippen LogP contribution is -2.42. The largest absolute Gasteiger partial charge is 0.391 e. The first kappa shape index (κ1) is 20.7. The van der Waals surface area contributed by atoms with E-state index in [2.05, 4.69) is 4.18 Å². The molecule has 0 aliphatic carbocycles. The molecule has 0 aliphatic rings.